The second kappa shape index (κ2) is 9.04. The number of unbranched alkanes of at least 4 members (excludes halogenated alkanes) is 1. The minimum Gasteiger partial charge on any atom is -0.476 e. The molecule has 1 aromatic heterocycles. The van der Waals surface area contributed by atoms with Crippen LogP contribution in [0.2, 0.25) is 0 Å². The summed E-state index contributed by atoms with van der Waals surface area (Å²) < 4.78 is 10.9. The molecule has 160 valence electrons. The van der Waals surface area contributed by atoms with Gasteiger partial charge in [0, 0.05) is 5.92 Å². The molecule has 0 aliphatic heterocycles. The highest BCUT2D eigenvalue weighted by molar-refractivity contribution is 5.84. The number of alkyl carbamates (subject to hydrolysis) is 1. The highest BCUT2D eigenvalue weighted by atomic mass is 16.5. The van der Waals surface area contributed by atoms with Gasteiger partial charge in [0.25, 0.3) is 0 Å². The third-order valence-electron chi connectivity index (χ3n) is 5.52. The normalized spacial score (nSPS) is 13.3. The maximum atomic E-state index is 12.6. The lowest BCUT2D eigenvalue weighted by Gasteiger charge is -2.18. The molecule has 0 fully saturated rings. The summed E-state index contributed by atoms with van der Waals surface area (Å²) in [5, 5.41) is 11.9. The third kappa shape index (κ3) is 4.30. The number of nitrogens with zero attached hydrogens (tertiary/aromatic N) is 1. The number of aromatic carboxylic acids is 1. The Bertz CT molecular complexity index is 1050. The number of carboxylic acid groups (broad SMARTS) is 1. The summed E-state index contributed by atoms with van der Waals surface area (Å²) in [6.07, 6.45) is 2.79. The minimum absolute atomic E-state index is 0.0346. The Morgan fingerprint density at radius 2 is 1.77 bits per heavy atom. The Morgan fingerprint density at radius 3 is 2.35 bits per heavy atom. The van der Waals surface area contributed by atoms with E-state index in [1.807, 2.05) is 31.2 Å². The van der Waals surface area contributed by atoms with Crippen LogP contribution in [0, 0.1) is 0 Å². The van der Waals surface area contributed by atoms with Crippen molar-refractivity contribution in [1.82, 2.24) is 10.3 Å². The Hall–Kier alpha value is -3.61. The highest BCUT2D eigenvalue weighted by Gasteiger charge is 2.29. The lowest BCUT2D eigenvalue weighted by molar-refractivity contribution is 0.0690. The molecule has 31 heavy (non-hydrogen) atoms. The molecule has 3 aromatic rings. The number of nitrogens with one attached hydrogen (secondary N) is 1. The van der Waals surface area contributed by atoms with Gasteiger partial charge < -0.3 is 19.6 Å². The number of carboxylic acids is 1. The number of amides is 1. The number of ether oxygens (including phenoxy) is 1. The van der Waals surface area contributed by atoms with Gasteiger partial charge >= 0.3 is 12.1 Å². The number of hydrogen-bond acceptors (Lipinski definition) is 5. The number of carbonyl (C=O) groups is 2. The fourth-order valence-corrected chi connectivity index (χ4v) is 3.99. The van der Waals surface area contributed by atoms with Crippen molar-refractivity contribution in [3.8, 4) is 11.1 Å². The SMILES string of the molecule is CCCC[C@H](NC(=O)OCC1c2ccccc2-c2ccccc21)c1nc(C(=O)O)co1. The lowest BCUT2D eigenvalue weighted by Crippen LogP contribution is -2.30. The quantitative estimate of drug-likeness (QED) is 0.523. The molecule has 4 rings (SSSR count). The standard InChI is InChI=1S/C24H24N2O5/c1-2-3-12-20(22-25-21(14-30-22)23(27)28)26-24(29)31-13-19-17-10-6-4-8-15(17)16-9-5-7-11-18(16)19/h4-11,14,19-20H,2-3,12-13H2,1H3,(H,26,29)(H,27,28)/t20-/m0/s1. The van der Waals surface area contributed by atoms with Crippen LogP contribution in [0.5, 0.6) is 0 Å². The molecule has 1 aliphatic rings. The van der Waals surface area contributed by atoms with E-state index < -0.39 is 18.1 Å². The first-order chi connectivity index (χ1) is 15.1. The van der Waals surface area contributed by atoms with Gasteiger partial charge in [-0.1, -0.05) is 68.3 Å². The Labute approximate surface area is 180 Å². The summed E-state index contributed by atoms with van der Waals surface area (Å²) in [6.45, 7) is 2.23. The van der Waals surface area contributed by atoms with E-state index in [0.717, 1.165) is 41.4 Å². The molecule has 0 unspecified atom stereocenters. The van der Waals surface area contributed by atoms with Crippen molar-refractivity contribution in [2.45, 2.75) is 38.1 Å². The molecule has 1 aliphatic carbocycles. The van der Waals surface area contributed by atoms with Gasteiger partial charge in [-0.2, -0.15) is 0 Å². The first-order valence-corrected chi connectivity index (χ1v) is 10.4. The molecule has 0 bridgehead atoms. The summed E-state index contributed by atoms with van der Waals surface area (Å²) in [5.74, 6) is -1.04. The van der Waals surface area contributed by atoms with E-state index in [4.69, 9.17) is 14.3 Å². The smallest absolute Gasteiger partial charge is 0.407 e. The minimum atomic E-state index is -1.18. The van der Waals surface area contributed by atoms with Crippen LogP contribution in [0.3, 0.4) is 0 Å². The van der Waals surface area contributed by atoms with Gasteiger partial charge in [-0.15, -0.1) is 0 Å². The lowest BCUT2D eigenvalue weighted by atomic mass is 9.98. The van der Waals surface area contributed by atoms with Gasteiger partial charge in [-0.3, -0.25) is 0 Å². The monoisotopic (exact) mass is 420 g/mol. The van der Waals surface area contributed by atoms with E-state index in [9.17, 15) is 9.59 Å². The van der Waals surface area contributed by atoms with E-state index >= 15 is 0 Å². The zero-order valence-electron chi connectivity index (χ0n) is 17.2. The second-order valence-corrected chi connectivity index (χ2v) is 7.54. The summed E-state index contributed by atoms with van der Waals surface area (Å²) in [6, 6.07) is 15.7. The predicted molar refractivity (Wildman–Crippen MR) is 114 cm³/mol. The number of carbonyl (C=O) groups excluding carboxylic acids is 1. The molecule has 1 heterocycles. The summed E-state index contributed by atoms with van der Waals surface area (Å²) >= 11 is 0. The van der Waals surface area contributed by atoms with Crippen molar-refractivity contribution >= 4 is 12.1 Å². The average molecular weight is 420 g/mol. The molecule has 2 aromatic carbocycles. The second-order valence-electron chi connectivity index (χ2n) is 7.54. The fraction of sp³-hybridized carbons (Fsp3) is 0.292. The number of benzene rings is 2. The number of oxazole rings is 1. The van der Waals surface area contributed by atoms with Gasteiger partial charge in [0.1, 0.15) is 18.9 Å². The molecule has 1 amide bonds. The van der Waals surface area contributed by atoms with E-state index in [-0.39, 0.29) is 24.1 Å². The zero-order chi connectivity index (χ0) is 21.8. The first kappa shape index (κ1) is 20.7. The van der Waals surface area contributed by atoms with Gasteiger partial charge in [-0.25, -0.2) is 14.6 Å². The van der Waals surface area contributed by atoms with Gasteiger partial charge in [-0.05, 0) is 28.7 Å². The van der Waals surface area contributed by atoms with Crippen LogP contribution < -0.4 is 5.32 Å². The van der Waals surface area contributed by atoms with Crippen LogP contribution in [0.1, 0.15) is 65.7 Å². The molecule has 1 atom stereocenters. The maximum Gasteiger partial charge on any atom is 0.407 e. The molecule has 0 spiro atoms. The number of rotatable bonds is 8. The Morgan fingerprint density at radius 1 is 1.13 bits per heavy atom. The van der Waals surface area contributed by atoms with Gasteiger partial charge in [0.2, 0.25) is 5.89 Å². The van der Waals surface area contributed by atoms with Crippen molar-refractivity contribution in [3.05, 3.63) is 77.5 Å². The molecule has 0 radical (unpaired) electrons. The van der Waals surface area contributed by atoms with Crippen LogP contribution in [-0.4, -0.2) is 28.8 Å². The maximum absolute atomic E-state index is 12.6. The van der Waals surface area contributed by atoms with Crippen molar-refractivity contribution in [2.24, 2.45) is 0 Å². The van der Waals surface area contributed by atoms with E-state index in [0.29, 0.717) is 6.42 Å². The zero-order valence-corrected chi connectivity index (χ0v) is 17.2. The average Bonchev–Trinajstić information content (AvgIpc) is 3.39. The van der Waals surface area contributed by atoms with Crippen molar-refractivity contribution < 1.29 is 23.8 Å². The van der Waals surface area contributed by atoms with Crippen LogP contribution in [0.25, 0.3) is 11.1 Å². The molecule has 0 saturated carbocycles. The van der Waals surface area contributed by atoms with Crippen molar-refractivity contribution in [3.63, 3.8) is 0 Å². The molecule has 7 nitrogen and oxygen atoms in total. The molecule has 2 N–H and O–H groups in total. The van der Waals surface area contributed by atoms with E-state index in [1.54, 1.807) is 0 Å². The third-order valence-corrected chi connectivity index (χ3v) is 5.52. The number of fused-ring (bicyclic) bond motifs is 3. The van der Waals surface area contributed by atoms with Crippen molar-refractivity contribution in [1.29, 1.82) is 0 Å². The molecule has 7 heteroatoms. The fourth-order valence-electron chi connectivity index (χ4n) is 3.99. The van der Waals surface area contributed by atoms with Gasteiger partial charge in [0.05, 0.1) is 0 Å². The molecular weight excluding hydrogens is 396 g/mol. The van der Waals surface area contributed by atoms with Gasteiger partial charge in [0.15, 0.2) is 5.69 Å². The number of hydrogen-bond donors (Lipinski definition) is 2. The first-order valence-electron chi connectivity index (χ1n) is 10.4. The molecule has 0 saturated heterocycles. The topological polar surface area (TPSA) is 102 Å². The van der Waals surface area contributed by atoms with Crippen molar-refractivity contribution in [2.75, 3.05) is 6.61 Å². The highest BCUT2D eigenvalue weighted by Crippen LogP contribution is 2.44. The number of aromatic nitrogens is 1. The largest absolute Gasteiger partial charge is 0.476 e. The Balaban J connectivity index is 1.45. The van der Waals surface area contributed by atoms with E-state index in [1.165, 1.54) is 0 Å². The Kier molecular flexibility index (Phi) is 6.02. The summed E-state index contributed by atoms with van der Waals surface area (Å²) in [7, 11) is 0. The summed E-state index contributed by atoms with van der Waals surface area (Å²) in [4.78, 5) is 27.7. The predicted octanol–water partition coefficient (Wildman–Crippen LogP) is 5.14. The van der Waals surface area contributed by atoms with Crippen LogP contribution >= 0.6 is 0 Å². The van der Waals surface area contributed by atoms with Crippen LogP contribution in [0.15, 0.2) is 59.2 Å². The van der Waals surface area contributed by atoms with Crippen LogP contribution in [-0.2, 0) is 4.74 Å². The van der Waals surface area contributed by atoms with E-state index in [2.05, 4.69) is 34.6 Å². The molecular formula is C24H24N2O5. The summed E-state index contributed by atoms with van der Waals surface area (Å²) in [5.41, 5.74) is 4.41. The van der Waals surface area contributed by atoms with Crippen LogP contribution in [0.4, 0.5) is 4.79 Å².